The molecule has 2 N–H and O–H groups in total. The molecule has 4 heteroatoms. The fraction of sp³-hybridized carbons (Fsp3) is 0.600. The van der Waals surface area contributed by atoms with Crippen molar-refractivity contribution in [3.8, 4) is 0 Å². The highest BCUT2D eigenvalue weighted by Gasteiger charge is 2.40. The van der Waals surface area contributed by atoms with Crippen molar-refractivity contribution in [3.05, 3.63) is 34.1 Å². The Balaban J connectivity index is 2.10. The molecule has 1 fully saturated rings. The standard InChI is InChI=1S/C15H21BrFNO/c1-8-9(2)19-10(3)15(8)14(18)6-11-4-12(16)7-13(17)5-11/h4-5,7-10,14-15H,6,18H2,1-3H3. The average molecular weight is 330 g/mol. The molecule has 0 amide bonds. The van der Waals surface area contributed by atoms with Crippen LogP contribution in [0.15, 0.2) is 22.7 Å². The monoisotopic (exact) mass is 329 g/mol. The number of rotatable bonds is 3. The Kier molecular flexibility index (Phi) is 4.64. The smallest absolute Gasteiger partial charge is 0.124 e. The van der Waals surface area contributed by atoms with E-state index in [1.807, 2.05) is 6.07 Å². The lowest BCUT2D eigenvalue weighted by atomic mass is 9.81. The molecule has 106 valence electrons. The summed E-state index contributed by atoms with van der Waals surface area (Å²) in [5.41, 5.74) is 7.27. The zero-order chi connectivity index (χ0) is 14.2. The van der Waals surface area contributed by atoms with E-state index in [0.29, 0.717) is 18.3 Å². The lowest BCUT2D eigenvalue weighted by molar-refractivity contribution is 0.0490. The fourth-order valence-corrected chi connectivity index (χ4v) is 3.68. The summed E-state index contributed by atoms with van der Waals surface area (Å²) < 4.78 is 20.0. The molecule has 0 aromatic heterocycles. The number of nitrogens with two attached hydrogens (primary N) is 1. The van der Waals surface area contributed by atoms with E-state index in [0.717, 1.165) is 10.0 Å². The predicted octanol–water partition coefficient (Wildman–Crippen LogP) is 3.52. The molecule has 1 aliphatic rings. The SMILES string of the molecule is CC1OC(C)C(C(N)Cc2cc(F)cc(Br)c2)C1C. The third-order valence-corrected chi connectivity index (χ3v) is 4.66. The maximum Gasteiger partial charge on any atom is 0.124 e. The predicted molar refractivity (Wildman–Crippen MR) is 78.4 cm³/mol. The van der Waals surface area contributed by atoms with Crippen molar-refractivity contribution in [2.45, 2.75) is 45.4 Å². The van der Waals surface area contributed by atoms with Crippen LogP contribution in [-0.2, 0) is 11.2 Å². The van der Waals surface area contributed by atoms with Crippen LogP contribution >= 0.6 is 15.9 Å². The van der Waals surface area contributed by atoms with Crippen LogP contribution in [0.2, 0.25) is 0 Å². The highest BCUT2D eigenvalue weighted by molar-refractivity contribution is 9.10. The highest BCUT2D eigenvalue weighted by atomic mass is 79.9. The van der Waals surface area contributed by atoms with Gasteiger partial charge in [0, 0.05) is 16.4 Å². The topological polar surface area (TPSA) is 35.2 Å². The van der Waals surface area contributed by atoms with E-state index in [2.05, 4.69) is 36.7 Å². The molecule has 19 heavy (non-hydrogen) atoms. The molecule has 1 aliphatic heterocycles. The lowest BCUT2D eigenvalue weighted by Crippen LogP contribution is -2.39. The second-order valence-corrected chi connectivity index (χ2v) is 6.54. The van der Waals surface area contributed by atoms with E-state index in [9.17, 15) is 4.39 Å². The highest BCUT2D eigenvalue weighted by Crippen LogP contribution is 2.34. The van der Waals surface area contributed by atoms with Crippen LogP contribution in [-0.4, -0.2) is 18.2 Å². The van der Waals surface area contributed by atoms with Crippen molar-refractivity contribution in [1.29, 1.82) is 0 Å². The number of benzene rings is 1. The van der Waals surface area contributed by atoms with E-state index < -0.39 is 0 Å². The second-order valence-electron chi connectivity index (χ2n) is 5.63. The number of halogens is 2. The van der Waals surface area contributed by atoms with Gasteiger partial charge in [-0.15, -0.1) is 0 Å². The maximum atomic E-state index is 13.4. The molecule has 2 rings (SSSR count). The van der Waals surface area contributed by atoms with Gasteiger partial charge in [0.1, 0.15) is 5.82 Å². The molecule has 2 nitrogen and oxygen atoms in total. The van der Waals surface area contributed by atoms with Gasteiger partial charge in [0.15, 0.2) is 0 Å². The summed E-state index contributed by atoms with van der Waals surface area (Å²) in [6.45, 7) is 6.35. The van der Waals surface area contributed by atoms with Gasteiger partial charge in [-0.05, 0) is 49.9 Å². The third-order valence-electron chi connectivity index (χ3n) is 4.21. The van der Waals surface area contributed by atoms with Crippen LogP contribution in [0.1, 0.15) is 26.3 Å². The Bertz CT molecular complexity index is 434. The van der Waals surface area contributed by atoms with E-state index in [1.54, 1.807) is 6.07 Å². The van der Waals surface area contributed by atoms with Gasteiger partial charge in [-0.25, -0.2) is 4.39 Å². The molecule has 5 atom stereocenters. The van der Waals surface area contributed by atoms with Crippen molar-refractivity contribution in [2.24, 2.45) is 17.6 Å². The van der Waals surface area contributed by atoms with Crippen molar-refractivity contribution in [2.75, 3.05) is 0 Å². The zero-order valence-corrected chi connectivity index (χ0v) is 13.2. The fourth-order valence-electron chi connectivity index (χ4n) is 3.17. The van der Waals surface area contributed by atoms with Gasteiger partial charge in [-0.2, -0.15) is 0 Å². The summed E-state index contributed by atoms with van der Waals surface area (Å²) in [5.74, 6) is 0.521. The van der Waals surface area contributed by atoms with Gasteiger partial charge in [-0.3, -0.25) is 0 Å². The quantitative estimate of drug-likeness (QED) is 0.920. The minimum absolute atomic E-state index is 0.0105. The Morgan fingerprint density at radius 1 is 1.26 bits per heavy atom. The zero-order valence-electron chi connectivity index (χ0n) is 11.6. The summed E-state index contributed by atoms with van der Waals surface area (Å²) in [7, 11) is 0. The molecule has 1 saturated heterocycles. The van der Waals surface area contributed by atoms with Gasteiger partial charge in [-0.1, -0.05) is 22.9 Å². The Hall–Kier alpha value is -0.450. The average Bonchev–Trinajstić information content (AvgIpc) is 2.51. The molecule has 1 heterocycles. The molecule has 0 aliphatic carbocycles. The lowest BCUT2D eigenvalue weighted by Gasteiger charge is -2.25. The van der Waals surface area contributed by atoms with Gasteiger partial charge in [0.25, 0.3) is 0 Å². The summed E-state index contributed by atoms with van der Waals surface area (Å²) >= 11 is 3.31. The van der Waals surface area contributed by atoms with Crippen molar-refractivity contribution in [3.63, 3.8) is 0 Å². The van der Waals surface area contributed by atoms with Gasteiger partial charge >= 0.3 is 0 Å². The minimum Gasteiger partial charge on any atom is -0.375 e. The van der Waals surface area contributed by atoms with E-state index in [-0.39, 0.29) is 24.1 Å². The molecular formula is C15H21BrFNO. The molecule has 0 saturated carbocycles. The molecule has 0 bridgehead atoms. The van der Waals surface area contributed by atoms with Crippen LogP contribution < -0.4 is 5.73 Å². The normalized spacial score (nSPS) is 32.5. The molecule has 0 spiro atoms. The Morgan fingerprint density at radius 2 is 1.95 bits per heavy atom. The van der Waals surface area contributed by atoms with E-state index in [4.69, 9.17) is 10.5 Å². The number of hydrogen-bond acceptors (Lipinski definition) is 2. The van der Waals surface area contributed by atoms with Crippen LogP contribution in [0.4, 0.5) is 4.39 Å². The maximum absolute atomic E-state index is 13.4. The first kappa shape index (κ1) is 14.9. The summed E-state index contributed by atoms with van der Waals surface area (Å²) in [6, 6.07) is 4.93. The largest absolute Gasteiger partial charge is 0.375 e. The van der Waals surface area contributed by atoms with Crippen LogP contribution in [0.25, 0.3) is 0 Å². The molecule has 1 aromatic carbocycles. The molecular weight excluding hydrogens is 309 g/mol. The first-order valence-electron chi connectivity index (χ1n) is 6.74. The van der Waals surface area contributed by atoms with Crippen molar-refractivity contribution < 1.29 is 9.13 Å². The van der Waals surface area contributed by atoms with Gasteiger partial charge in [0.05, 0.1) is 12.2 Å². The van der Waals surface area contributed by atoms with Gasteiger partial charge in [0.2, 0.25) is 0 Å². The summed E-state index contributed by atoms with van der Waals surface area (Å²) in [6.07, 6.45) is 1.08. The summed E-state index contributed by atoms with van der Waals surface area (Å²) in [5, 5.41) is 0. The van der Waals surface area contributed by atoms with Crippen LogP contribution in [0.5, 0.6) is 0 Å². The molecule has 0 radical (unpaired) electrons. The Morgan fingerprint density at radius 3 is 2.47 bits per heavy atom. The van der Waals surface area contributed by atoms with Crippen molar-refractivity contribution in [1.82, 2.24) is 0 Å². The molecule has 5 unspecified atom stereocenters. The minimum atomic E-state index is -0.228. The first-order chi connectivity index (χ1) is 8.88. The van der Waals surface area contributed by atoms with Crippen molar-refractivity contribution >= 4 is 15.9 Å². The second kappa shape index (κ2) is 5.90. The summed E-state index contributed by atoms with van der Waals surface area (Å²) in [4.78, 5) is 0. The Labute approximate surface area is 122 Å². The van der Waals surface area contributed by atoms with Crippen LogP contribution in [0.3, 0.4) is 0 Å². The first-order valence-corrected chi connectivity index (χ1v) is 7.53. The third kappa shape index (κ3) is 3.36. The number of ether oxygens (including phenoxy) is 1. The molecule has 1 aromatic rings. The van der Waals surface area contributed by atoms with E-state index in [1.165, 1.54) is 6.07 Å². The van der Waals surface area contributed by atoms with Gasteiger partial charge < -0.3 is 10.5 Å². The van der Waals surface area contributed by atoms with Crippen LogP contribution in [0, 0.1) is 17.7 Å². The van der Waals surface area contributed by atoms with E-state index >= 15 is 0 Å². The number of hydrogen-bond donors (Lipinski definition) is 1.